The summed E-state index contributed by atoms with van der Waals surface area (Å²) < 4.78 is 7.47. The van der Waals surface area contributed by atoms with Crippen LogP contribution in [0.1, 0.15) is 11.6 Å². The maximum Gasteiger partial charge on any atom is 0.244 e. The van der Waals surface area contributed by atoms with Crippen molar-refractivity contribution in [3.8, 4) is 5.75 Å². The Morgan fingerprint density at radius 2 is 2.04 bits per heavy atom. The van der Waals surface area contributed by atoms with Gasteiger partial charge in [-0.25, -0.2) is 0 Å². The van der Waals surface area contributed by atoms with Crippen molar-refractivity contribution in [1.29, 1.82) is 0 Å². The third kappa shape index (κ3) is 5.00. The lowest BCUT2D eigenvalue weighted by Crippen LogP contribution is -2.51. The van der Waals surface area contributed by atoms with E-state index in [0.29, 0.717) is 30.5 Å². The number of para-hydroxylation sites is 1. The van der Waals surface area contributed by atoms with Gasteiger partial charge in [0, 0.05) is 51.5 Å². The number of carbonyl (C=O) groups is 1. The van der Waals surface area contributed by atoms with Gasteiger partial charge in [0.25, 0.3) is 0 Å². The van der Waals surface area contributed by atoms with E-state index in [9.17, 15) is 4.79 Å². The number of ether oxygens (including phenoxy) is 1. The van der Waals surface area contributed by atoms with Crippen LogP contribution < -0.4 is 10.1 Å². The van der Waals surface area contributed by atoms with Crippen molar-refractivity contribution in [2.75, 3.05) is 46.4 Å². The molecule has 1 saturated heterocycles. The number of aromatic nitrogens is 2. The Kier molecular flexibility index (Phi) is 6.71. The number of halogens is 1. The SMILES string of the molecule is CNC(C(=O)N1CCN(CCOc2ccccc2Cl)CC1)c1cnn(C)c1. The molecule has 27 heavy (non-hydrogen) atoms. The molecule has 0 radical (unpaired) electrons. The molecule has 2 heterocycles. The quantitative estimate of drug-likeness (QED) is 0.776. The van der Waals surface area contributed by atoms with Crippen molar-refractivity contribution in [2.45, 2.75) is 6.04 Å². The number of amides is 1. The van der Waals surface area contributed by atoms with Crippen LogP contribution >= 0.6 is 11.6 Å². The molecule has 1 aliphatic heterocycles. The molecule has 8 heteroatoms. The highest BCUT2D eigenvalue weighted by atomic mass is 35.5. The summed E-state index contributed by atoms with van der Waals surface area (Å²) in [6.07, 6.45) is 3.61. The lowest BCUT2D eigenvalue weighted by atomic mass is 10.1. The number of likely N-dealkylation sites (N-methyl/N-ethyl adjacent to an activating group) is 1. The van der Waals surface area contributed by atoms with Crippen LogP contribution in [0.4, 0.5) is 0 Å². The fourth-order valence-corrected chi connectivity index (χ4v) is 3.43. The zero-order valence-electron chi connectivity index (χ0n) is 15.8. The summed E-state index contributed by atoms with van der Waals surface area (Å²) in [5.74, 6) is 0.804. The van der Waals surface area contributed by atoms with Crippen molar-refractivity contribution in [2.24, 2.45) is 7.05 Å². The largest absolute Gasteiger partial charge is 0.491 e. The van der Waals surface area contributed by atoms with Gasteiger partial charge in [-0.3, -0.25) is 14.4 Å². The van der Waals surface area contributed by atoms with Crippen LogP contribution in [0.15, 0.2) is 36.7 Å². The lowest BCUT2D eigenvalue weighted by Gasteiger charge is -2.36. The maximum absolute atomic E-state index is 12.9. The van der Waals surface area contributed by atoms with Crippen LogP contribution in [-0.4, -0.2) is 71.9 Å². The standard InChI is InChI=1S/C19H26ClN5O2/c1-21-18(15-13-22-23(2)14-15)19(26)25-9-7-24(8-10-25)11-12-27-17-6-4-3-5-16(17)20/h3-6,13-14,18,21H,7-12H2,1-2H3. The van der Waals surface area contributed by atoms with E-state index in [1.54, 1.807) is 17.9 Å². The van der Waals surface area contributed by atoms with Gasteiger partial charge in [0.15, 0.2) is 0 Å². The van der Waals surface area contributed by atoms with Gasteiger partial charge in [0.2, 0.25) is 5.91 Å². The molecule has 7 nitrogen and oxygen atoms in total. The summed E-state index contributed by atoms with van der Waals surface area (Å²) in [6, 6.07) is 7.13. The fourth-order valence-electron chi connectivity index (χ4n) is 3.24. The summed E-state index contributed by atoms with van der Waals surface area (Å²) in [4.78, 5) is 17.1. The Labute approximate surface area is 164 Å². The number of piperazine rings is 1. The Hall–Kier alpha value is -2.09. The molecule has 1 N–H and O–H groups in total. The van der Waals surface area contributed by atoms with Gasteiger partial charge in [0.1, 0.15) is 18.4 Å². The zero-order chi connectivity index (χ0) is 19.2. The van der Waals surface area contributed by atoms with Crippen LogP contribution in [-0.2, 0) is 11.8 Å². The fraction of sp³-hybridized carbons (Fsp3) is 0.474. The van der Waals surface area contributed by atoms with Gasteiger partial charge in [-0.15, -0.1) is 0 Å². The van der Waals surface area contributed by atoms with Gasteiger partial charge in [-0.1, -0.05) is 23.7 Å². The van der Waals surface area contributed by atoms with Crippen molar-refractivity contribution >= 4 is 17.5 Å². The summed E-state index contributed by atoms with van der Waals surface area (Å²) in [5, 5.41) is 7.90. The number of benzene rings is 1. The van der Waals surface area contributed by atoms with Crippen LogP contribution in [0, 0.1) is 0 Å². The molecule has 1 aliphatic rings. The minimum atomic E-state index is -0.353. The second-order valence-electron chi connectivity index (χ2n) is 6.61. The molecule has 1 atom stereocenters. The second kappa shape index (κ2) is 9.21. The molecule has 0 aliphatic carbocycles. The van der Waals surface area contributed by atoms with Crippen molar-refractivity contribution in [3.63, 3.8) is 0 Å². The molecule has 0 bridgehead atoms. The monoisotopic (exact) mass is 391 g/mol. The Bertz CT molecular complexity index is 758. The molecule has 0 spiro atoms. The number of aryl methyl sites for hydroxylation is 1. The molecule has 1 aromatic heterocycles. The summed E-state index contributed by atoms with van der Waals surface area (Å²) in [6.45, 7) is 4.48. The third-order valence-electron chi connectivity index (χ3n) is 4.78. The van der Waals surface area contributed by atoms with E-state index < -0.39 is 0 Å². The first kappa shape index (κ1) is 19.7. The molecular formula is C19H26ClN5O2. The number of rotatable bonds is 7. The van der Waals surface area contributed by atoms with Gasteiger partial charge in [-0.2, -0.15) is 5.10 Å². The van der Waals surface area contributed by atoms with Crippen LogP contribution in [0.2, 0.25) is 5.02 Å². The van der Waals surface area contributed by atoms with E-state index in [2.05, 4.69) is 15.3 Å². The molecule has 1 aromatic carbocycles. The maximum atomic E-state index is 12.9. The van der Waals surface area contributed by atoms with Crippen LogP contribution in [0.3, 0.4) is 0 Å². The van der Waals surface area contributed by atoms with Crippen molar-refractivity contribution in [1.82, 2.24) is 24.9 Å². The smallest absolute Gasteiger partial charge is 0.244 e. The number of nitrogens with one attached hydrogen (secondary N) is 1. The normalized spacial score (nSPS) is 16.3. The summed E-state index contributed by atoms with van der Waals surface area (Å²) in [5.41, 5.74) is 0.889. The second-order valence-corrected chi connectivity index (χ2v) is 7.02. The molecule has 3 rings (SSSR count). The van der Waals surface area contributed by atoms with Crippen LogP contribution in [0.5, 0.6) is 5.75 Å². The predicted molar refractivity (Wildman–Crippen MR) is 105 cm³/mol. The molecule has 1 amide bonds. The number of hydrogen-bond donors (Lipinski definition) is 1. The van der Waals surface area contributed by atoms with E-state index in [0.717, 1.165) is 25.2 Å². The average molecular weight is 392 g/mol. The lowest BCUT2D eigenvalue weighted by molar-refractivity contribution is -0.135. The van der Waals surface area contributed by atoms with Gasteiger partial charge in [-0.05, 0) is 19.2 Å². The van der Waals surface area contributed by atoms with E-state index in [1.165, 1.54) is 0 Å². The highest BCUT2D eigenvalue weighted by Gasteiger charge is 2.28. The Morgan fingerprint density at radius 1 is 1.30 bits per heavy atom. The van der Waals surface area contributed by atoms with Crippen LogP contribution in [0.25, 0.3) is 0 Å². The van der Waals surface area contributed by atoms with Gasteiger partial charge < -0.3 is 15.0 Å². The summed E-state index contributed by atoms with van der Waals surface area (Å²) >= 11 is 6.10. The summed E-state index contributed by atoms with van der Waals surface area (Å²) in [7, 11) is 3.65. The average Bonchev–Trinajstić information content (AvgIpc) is 3.10. The molecular weight excluding hydrogens is 366 g/mol. The number of nitrogens with zero attached hydrogens (tertiary/aromatic N) is 4. The first-order chi connectivity index (χ1) is 13.1. The highest BCUT2D eigenvalue weighted by Crippen LogP contribution is 2.23. The van der Waals surface area contributed by atoms with Crippen molar-refractivity contribution in [3.05, 3.63) is 47.2 Å². The minimum absolute atomic E-state index is 0.0949. The highest BCUT2D eigenvalue weighted by molar-refractivity contribution is 6.32. The van der Waals surface area contributed by atoms with E-state index in [4.69, 9.17) is 16.3 Å². The molecule has 1 unspecified atom stereocenters. The Balaban J connectivity index is 1.45. The van der Waals surface area contributed by atoms with E-state index >= 15 is 0 Å². The topological polar surface area (TPSA) is 62.6 Å². The first-order valence-electron chi connectivity index (χ1n) is 9.12. The third-order valence-corrected chi connectivity index (χ3v) is 5.09. The molecule has 0 saturated carbocycles. The number of carbonyl (C=O) groups excluding carboxylic acids is 1. The Morgan fingerprint density at radius 3 is 2.67 bits per heavy atom. The first-order valence-corrected chi connectivity index (χ1v) is 9.50. The predicted octanol–water partition coefficient (Wildman–Crippen LogP) is 1.56. The van der Waals surface area contributed by atoms with Gasteiger partial charge in [0.05, 0.1) is 11.2 Å². The van der Waals surface area contributed by atoms with E-state index in [-0.39, 0.29) is 11.9 Å². The molecule has 2 aromatic rings. The molecule has 146 valence electrons. The minimum Gasteiger partial charge on any atom is -0.491 e. The van der Waals surface area contributed by atoms with Crippen molar-refractivity contribution < 1.29 is 9.53 Å². The van der Waals surface area contributed by atoms with E-state index in [1.807, 2.05) is 42.4 Å². The zero-order valence-corrected chi connectivity index (χ0v) is 16.5. The number of hydrogen-bond acceptors (Lipinski definition) is 5. The molecule has 1 fully saturated rings. The van der Waals surface area contributed by atoms with Gasteiger partial charge >= 0.3 is 0 Å².